The number of ether oxygens (including phenoxy) is 1. The van der Waals surface area contributed by atoms with E-state index in [1.165, 1.54) is 12.1 Å². The summed E-state index contributed by atoms with van der Waals surface area (Å²) in [6, 6.07) is 8.07. The van der Waals surface area contributed by atoms with Crippen LogP contribution in [0.25, 0.3) is 16.8 Å². The molecule has 0 aliphatic carbocycles. The second-order valence-electron chi connectivity index (χ2n) is 7.59. The highest BCUT2D eigenvalue weighted by atomic mass is 35.5. The number of rotatable bonds is 6. The maximum Gasteiger partial charge on any atom is 0.250 e. The van der Waals surface area contributed by atoms with E-state index in [1.54, 1.807) is 39.8 Å². The topological polar surface area (TPSA) is 83.2 Å². The highest BCUT2D eigenvalue weighted by Crippen LogP contribution is 2.32. The van der Waals surface area contributed by atoms with Crippen molar-refractivity contribution in [3.05, 3.63) is 64.3 Å². The molecule has 0 spiro atoms. The molecule has 0 amide bonds. The summed E-state index contributed by atoms with van der Waals surface area (Å²) in [6.07, 6.45) is 7.09. The van der Waals surface area contributed by atoms with Crippen molar-refractivity contribution in [3.63, 3.8) is 0 Å². The predicted molar refractivity (Wildman–Crippen MR) is 120 cm³/mol. The van der Waals surface area contributed by atoms with Gasteiger partial charge >= 0.3 is 0 Å². The zero-order chi connectivity index (χ0) is 22.0. The second kappa shape index (κ2) is 8.98. The fourth-order valence-corrected chi connectivity index (χ4v) is 5.85. The fourth-order valence-electron chi connectivity index (χ4n) is 3.76. The summed E-state index contributed by atoms with van der Waals surface area (Å²) < 4.78 is 34.5. The van der Waals surface area contributed by atoms with Crippen molar-refractivity contribution < 1.29 is 13.2 Å². The minimum absolute atomic E-state index is 0.0534. The molecule has 1 aliphatic rings. The van der Waals surface area contributed by atoms with E-state index in [0.29, 0.717) is 43.2 Å². The van der Waals surface area contributed by atoms with Crippen LogP contribution >= 0.6 is 11.6 Å². The molecule has 1 aromatic carbocycles. The molecule has 9 heteroatoms. The highest BCUT2D eigenvalue weighted by molar-refractivity contribution is 7.92. The first-order valence-corrected chi connectivity index (χ1v) is 12.2. The molecule has 1 fully saturated rings. The van der Waals surface area contributed by atoms with Gasteiger partial charge in [0.2, 0.25) is 0 Å². The number of hydrogen-bond acceptors (Lipinski definition) is 5. The van der Waals surface area contributed by atoms with E-state index in [2.05, 4.69) is 5.10 Å². The van der Waals surface area contributed by atoms with Gasteiger partial charge in [-0.1, -0.05) is 24.6 Å². The highest BCUT2D eigenvalue weighted by Gasteiger charge is 2.29. The number of aryl methyl sites for hydroxylation is 1. The van der Waals surface area contributed by atoms with Crippen LogP contribution in [0.1, 0.15) is 26.2 Å². The number of benzene rings is 1. The zero-order valence-corrected chi connectivity index (χ0v) is 18.8. The van der Waals surface area contributed by atoms with Gasteiger partial charge in [0.25, 0.3) is 5.56 Å². The van der Waals surface area contributed by atoms with E-state index >= 15 is 0 Å². The predicted octanol–water partition coefficient (Wildman–Crippen LogP) is 3.72. The molecule has 4 rings (SSSR count). The number of nitrogens with zero attached hydrogens (tertiary/aromatic N) is 3. The lowest BCUT2D eigenvalue weighted by Crippen LogP contribution is -2.28. The minimum Gasteiger partial charge on any atom is -0.381 e. The molecule has 0 bridgehead atoms. The number of pyridine rings is 1. The monoisotopic (exact) mass is 461 g/mol. The Balaban J connectivity index is 1.62. The lowest BCUT2D eigenvalue weighted by atomic mass is 10.1. The molecule has 0 saturated carbocycles. The third-order valence-corrected chi connectivity index (χ3v) is 8.04. The number of aromatic nitrogens is 3. The van der Waals surface area contributed by atoms with Gasteiger partial charge in [0.1, 0.15) is 0 Å². The van der Waals surface area contributed by atoms with E-state index in [-0.39, 0.29) is 10.5 Å². The number of sulfone groups is 1. The Morgan fingerprint density at radius 2 is 1.94 bits per heavy atom. The van der Waals surface area contributed by atoms with Crippen LogP contribution in [0.4, 0.5) is 0 Å². The maximum absolute atomic E-state index is 12.9. The van der Waals surface area contributed by atoms with E-state index in [1.807, 2.05) is 13.1 Å². The minimum atomic E-state index is -3.45. The molecule has 164 valence electrons. The Bertz CT molecular complexity index is 1240. The Morgan fingerprint density at radius 3 is 2.65 bits per heavy atom. The zero-order valence-electron chi connectivity index (χ0n) is 17.2. The lowest BCUT2D eigenvalue weighted by Gasteiger charge is -2.22. The molecule has 31 heavy (non-hydrogen) atoms. The fraction of sp³-hybridized carbons (Fsp3) is 0.364. The third-order valence-electron chi connectivity index (χ3n) is 5.47. The summed E-state index contributed by atoms with van der Waals surface area (Å²) in [6.45, 7) is 3.57. The van der Waals surface area contributed by atoms with Gasteiger partial charge in [0.15, 0.2) is 9.84 Å². The van der Waals surface area contributed by atoms with Crippen LogP contribution in [0.2, 0.25) is 5.02 Å². The Labute approximate surface area is 186 Å². The first-order valence-electron chi connectivity index (χ1n) is 10.3. The van der Waals surface area contributed by atoms with Gasteiger partial charge in [-0.05, 0) is 37.5 Å². The molecule has 0 atom stereocenters. The average molecular weight is 462 g/mol. The van der Waals surface area contributed by atoms with Gasteiger partial charge in [-0.15, -0.1) is 0 Å². The van der Waals surface area contributed by atoms with Crippen LogP contribution in [0, 0.1) is 0 Å². The molecular formula is C22H24ClN3O4S. The third kappa shape index (κ3) is 4.46. The molecule has 0 N–H and O–H groups in total. The number of hydrogen-bond donors (Lipinski definition) is 0. The Hall–Kier alpha value is -2.42. The van der Waals surface area contributed by atoms with Crippen molar-refractivity contribution in [2.45, 2.75) is 42.9 Å². The summed E-state index contributed by atoms with van der Waals surface area (Å²) in [7, 11) is -3.45. The van der Waals surface area contributed by atoms with E-state index < -0.39 is 15.1 Å². The SMILES string of the molecule is CCCn1cc(-n2cc(-c3ccc(S(=O)(=O)C4CCOCC4)cc3Cl)cn2)ccc1=O. The molecule has 0 radical (unpaired) electrons. The van der Waals surface area contributed by atoms with Gasteiger partial charge in [-0.2, -0.15) is 5.10 Å². The summed E-state index contributed by atoms with van der Waals surface area (Å²) in [5, 5.41) is 4.30. The van der Waals surface area contributed by atoms with Crippen LogP contribution < -0.4 is 5.56 Å². The quantitative estimate of drug-likeness (QED) is 0.558. The van der Waals surface area contributed by atoms with Crippen molar-refractivity contribution in [1.82, 2.24) is 14.3 Å². The van der Waals surface area contributed by atoms with Crippen molar-refractivity contribution in [3.8, 4) is 16.8 Å². The summed E-state index contributed by atoms with van der Waals surface area (Å²) >= 11 is 6.48. The largest absolute Gasteiger partial charge is 0.381 e. The normalized spacial score (nSPS) is 15.3. The van der Waals surface area contributed by atoms with E-state index in [4.69, 9.17) is 16.3 Å². The number of halogens is 1. The molecule has 3 aromatic rings. The van der Waals surface area contributed by atoms with E-state index in [9.17, 15) is 13.2 Å². The maximum atomic E-state index is 12.9. The summed E-state index contributed by atoms with van der Waals surface area (Å²) in [5.41, 5.74) is 2.16. The smallest absolute Gasteiger partial charge is 0.250 e. The standard InChI is InChI=1S/C22H24ClN3O4S/c1-2-9-25-15-17(3-6-22(25)27)26-14-16(13-24-26)20-5-4-19(12-21(20)23)31(28,29)18-7-10-30-11-8-18/h3-6,12-15,18H,2,7-11H2,1H3. The molecule has 3 heterocycles. The van der Waals surface area contributed by atoms with Crippen molar-refractivity contribution in [2.75, 3.05) is 13.2 Å². The summed E-state index contributed by atoms with van der Waals surface area (Å²) in [5.74, 6) is 0. The molecule has 1 saturated heterocycles. The van der Waals surface area contributed by atoms with Gasteiger partial charge in [-0.3, -0.25) is 4.79 Å². The second-order valence-corrected chi connectivity index (χ2v) is 10.2. The van der Waals surface area contributed by atoms with Crippen molar-refractivity contribution in [2.24, 2.45) is 0 Å². The molecule has 1 aliphatic heterocycles. The van der Waals surface area contributed by atoms with Crippen LogP contribution in [0.15, 0.2) is 58.6 Å². The van der Waals surface area contributed by atoms with Crippen LogP contribution in [0.3, 0.4) is 0 Å². The van der Waals surface area contributed by atoms with Crippen molar-refractivity contribution >= 4 is 21.4 Å². The Morgan fingerprint density at radius 1 is 1.16 bits per heavy atom. The lowest BCUT2D eigenvalue weighted by molar-refractivity contribution is 0.0983. The van der Waals surface area contributed by atoms with Gasteiger partial charge in [-0.25, -0.2) is 13.1 Å². The summed E-state index contributed by atoms with van der Waals surface area (Å²) in [4.78, 5) is 12.2. The molecule has 2 aromatic heterocycles. The first-order chi connectivity index (χ1) is 14.9. The van der Waals surface area contributed by atoms with Gasteiger partial charge < -0.3 is 9.30 Å². The van der Waals surface area contributed by atoms with Crippen molar-refractivity contribution in [1.29, 1.82) is 0 Å². The molecule has 0 unspecified atom stereocenters. The molecule has 7 nitrogen and oxygen atoms in total. The van der Waals surface area contributed by atoms with Crippen LogP contribution in [0.5, 0.6) is 0 Å². The van der Waals surface area contributed by atoms with E-state index in [0.717, 1.165) is 17.7 Å². The van der Waals surface area contributed by atoms with Crippen LogP contribution in [-0.4, -0.2) is 41.2 Å². The Kier molecular flexibility index (Phi) is 6.31. The van der Waals surface area contributed by atoms with Gasteiger partial charge in [0.05, 0.1) is 22.0 Å². The van der Waals surface area contributed by atoms with Crippen LogP contribution in [-0.2, 0) is 21.1 Å². The molecular weight excluding hydrogens is 438 g/mol. The average Bonchev–Trinajstić information content (AvgIpc) is 3.26. The first kappa shape index (κ1) is 21.8. The van der Waals surface area contributed by atoms with Gasteiger partial charge in [0, 0.05) is 54.4 Å².